The Bertz CT molecular complexity index is 1310. The summed E-state index contributed by atoms with van der Waals surface area (Å²) in [4.78, 5) is 76.2. The van der Waals surface area contributed by atoms with Crippen molar-refractivity contribution < 1.29 is 38.2 Å². The van der Waals surface area contributed by atoms with Crippen LogP contribution >= 0.6 is 0 Å². The van der Waals surface area contributed by atoms with Crippen LogP contribution in [-0.2, 0) is 40.0 Å². The van der Waals surface area contributed by atoms with Crippen LogP contribution in [0, 0.1) is 5.92 Å². The first-order valence-corrected chi connectivity index (χ1v) is 17.2. The van der Waals surface area contributed by atoms with Crippen molar-refractivity contribution in [1.82, 2.24) is 52.2 Å². The number of hydrazine groups is 5. The van der Waals surface area contributed by atoms with Crippen molar-refractivity contribution in [3.8, 4) is 0 Å². The van der Waals surface area contributed by atoms with Gasteiger partial charge < -0.3 is 9.47 Å². The van der Waals surface area contributed by atoms with Crippen molar-refractivity contribution in [2.45, 2.75) is 86.5 Å². The molecule has 0 atom stereocenters. The van der Waals surface area contributed by atoms with Crippen molar-refractivity contribution in [3.05, 3.63) is 35.9 Å². The zero-order chi connectivity index (χ0) is 39.6. The minimum atomic E-state index is -0.712. The Labute approximate surface area is 307 Å². The van der Waals surface area contributed by atoms with E-state index in [4.69, 9.17) is 9.47 Å². The topological polar surface area (TPSA) is 197 Å². The van der Waals surface area contributed by atoms with Gasteiger partial charge in [-0.05, 0) is 59.9 Å². The maximum absolute atomic E-state index is 13.2. The van der Waals surface area contributed by atoms with Crippen molar-refractivity contribution >= 4 is 35.7 Å². The summed E-state index contributed by atoms with van der Waals surface area (Å²) in [5, 5.41) is 7.04. The lowest BCUT2D eigenvalue weighted by Gasteiger charge is -2.30. The molecule has 0 spiro atoms. The van der Waals surface area contributed by atoms with Crippen LogP contribution in [0.25, 0.3) is 0 Å². The smallest absolute Gasteiger partial charge is 0.422 e. The maximum Gasteiger partial charge on any atom is 0.422 e. The summed E-state index contributed by atoms with van der Waals surface area (Å²) < 4.78 is 10.0. The number of hydrogen-bond donors (Lipinski definition) is 5. The normalized spacial score (nSPS) is 11.8. The largest absolute Gasteiger partial charge is 0.468 e. The molecule has 0 aliphatic rings. The van der Waals surface area contributed by atoms with Gasteiger partial charge in [-0.1, -0.05) is 44.2 Å². The average molecular weight is 737 g/mol. The van der Waals surface area contributed by atoms with Gasteiger partial charge in [0.2, 0.25) is 23.6 Å². The van der Waals surface area contributed by atoms with Crippen molar-refractivity contribution in [2.24, 2.45) is 5.92 Å². The van der Waals surface area contributed by atoms with Crippen molar-refractivity contribution in [1.29, 1.82) is 0 Å². The van der Waals surface area contributed by atoms with Gasteiger partial charge in [-0.15, -0.1) is 0 Å². The van der Waals surface area contributed by atoms with Crippen LogP contribution in [0.2, 0.25) is 0 Å². The summed E-state index contributed by atoms with van der Waals surface area (Å²) >= 11 is 0. The predicted octanol–water partition coefficient (Wildman–Crippen LogP) is 0.537. The van der Waals surface area contributed by atoms with E-state index in [1.165, 1.54) is 39.2 Å². The molecule has 1 aromatic rings. The third-order valence-electron chi connectivity index (χ3n) is 6.72. The van der Waals surface area contributed by atoms with Gasteiger partial charge in [0.05, 0.1) is 33.3 Å². The zero-order valence-corrected chi connectivity index (χ0v) is 32.6. The first-order chi connectivity index (χ1) is 24.2. The quantitative estimate of drug-likeness (QED) is 0.0867. The fourth-order valence-corrected chi connectivity index (χ4v) is 4.48. The van der Waals surface area contributed by atoms with E-state index in [2.05, 4.69) is 27.1 Å². The number of esters is 1. The van der Waals surface area contributed by atoms with E-state index in [1.54, 1.807) is 48.5 Å². The minimum Gasteiger partial charge on any atom is -0.468 e. The molecule has 0 bridgehead atoms. The molecule has 18 nitrogen and oxygen atoms in total. The highest BCUT2D eigenvalue weighted by Gasteiger charge is 2.24. The number of nitrogens with zero attached hydrogens (tertiary/aromatic N) is 5. The van der Waals surface area contributed by atoms with Gasteiger partial charge in [-0.3, -0.25) is 51.1 Å². The fraction of sp³-hybridized carbons (Fsp3) is 0.647. The summed E-state index contributed by atoms with van der Waals surface area (Å²) in [5.74, 6) is -2.38. The van der Waals surface area contributed by atoms with Crippen LogP contribution in [0.3, 0.4) is 0 Å². The van der Waals surface area contributed by atoms with E-state index < -0.39 is 41.3 Å². The lowest BCUT2D eigenvalue weighted by atomic mass is 10.2. The maximum atomic E-state index is 13.2. The number of rotatable bonds is 21. The van der Waals surface area contributed by atoms with Crippen LogP contribution in [0.4, 0.5) is 4.79 Å². The van der Waals surface area contributed by atoms with E-state index in [9.17, 15) is 28.8 Å². The molecule has 5 amide bonds. The predicted molar refractivity (Wildman–Crippen MR) is 194 cm³/mol. The monoisotopic (exact) mass is 736 g/mol. The highest BCUT2D eigenvalue weighted by Crippen LogP contribution is 2.07. The Morgan fingerprint density at radius 3 is 1.67 bits per heavy atom. The number of amides is 5. The fourth-order valence-electron chi connectivity index (χ4n) is 4.48. The molecule has 0 saturated heterocycles. The Balaban J connectivity index is 2.78. The molecule has 1 rings (SSSR count). The number of carbonyl (C=O) groups is 6. The molecule has 0 aromatic heterocycles. The second-order valence-electron chi connectivity index (χ2n) is 14.2. The third-order valence-corrected chi connectivity index (χ3v) is 6.72. The van der Waals surface area contributed by atoms with E-state index in [0.717, 1.165) is 5.56 Å². The Morgan fingerprint density at radius 1 is 0.654 bits per heavy atom. The molecule has 0 radical (unpaired) electrons. The highest BCUT2D eigenvalue weighted by atomic mass is 16.6. The molecular weight excluding hydrogens is 676 g/mol. The molecule has 1 aromatic carbocycles. The van der Waals surface area contributed by atoms with E-state index in [0.29, 0.717) is 6.54 Å². The number of methoxy groups -OCH3 is 1. The lowest BCUT2D eigenvalue weighted by molar-refractivity contribution is -0.144. The number of benzene rings is 1. The molecule has 0 aliphatic heterocycles. The highest BCUT2D eigenvalue weighted by molar-refractivity contribution is 5.82. The summed E-state index contributed by atoms with van der Waals surface area (Å²) in [6.07, 6.45) is -0.697. The van der Waals surface area contributed by atoms with Gasteiger partial charge >= 0.3 is 12.1 Å². The number of nitrogens with one attached hydrogen (secondary N) is 5. The average Bonchev–Trinajstić information content (AvgIpc) is 2.99. The standard InChI is InChI=1S/C34H60N10O8/c1-24(2)17-41(36-28(45)19-40(10)35-30(47)21-44(26(5)6)39-33(50)52-34(7,8)9)20-29(46)38-43(25(3)4)22-31(48)37-42(23-32(49)51-11)18-27-15-13-12-14-16-27/h12-16,24-26H,17-23H2,1-11H3,(H,35,47)(H,36,45)(H,37,48)(H,38,46)(H,39,50). The molecule has 0 aliphatic carbocycles. The Hall–Kier alpha value is -4.36. The van der Waals surface area contributed by atoms with Gasteiger partial charge in [-0.2, -0.15) is 0 Å². The van der Waals surface area contributed by atoms with Crippen molar-refractivity contribution in [2.75, 3.05) is 53.4 Å². The van der Waals surface area contributed by atoms with E-state index in [1.807, 2.05) is 44.2 Å². The minimum absolute atomic E-state index is 0.0717. The lowest BCUT2D eigenvalue weighted by Crippen LogP contribution is -2.57. The molecule has 18 heteroatoms. The summed E-state index contributed by atoms with van der Waals surface area (Å²) in [7, 11) is 2.77. The summed E-state index contributed by atoms with van der Waals surface area (Å²) in [6.45, 7) is 15.7. The molecular formula is C34H60N10O8. The number of hydrogen-bond acceptors (Lipinski definition) is 13. The zero-order valence-electron chi connectivity index (χ0n) is 32.6. The van der Waals surface area contributed by atoms with Gasteiger partial charge in [0.15, 0.2) is 0 Å². The van der Waals surface area contributed by atoms with Crippen LogP contribution in [0.1, 0.15) is 67.9 Å². The Kier molecular flexibility index (Phi) is 19.8. The Morgan fingerprint density at radius 2 is 1.15 bits per heavy atom. The number of carbonyl (C=O) groups excluding carboxylic acids is 6. The third kappa shape index (κ3) is 20.5. The molecule has 0 saturated carbocycles. The van der Waals surface area contributed by atoms with Crippen LogP contribution in [-0.4, -0.2) is 132 Å². The molecule has 0 fully saturated rings. The van der Waals surface area contributed by atoms with Crippen LogP contribution in [0.5, 0.6) is 0 Å². The second-order valence-corrected chi connectivity index (χ2v) is 14.2. The second kappa shape index (κ2) is 22.5. The van der Waals surface area contributed by atoms with Gasteiger partial charge in [0.1, 0.15) is 12.1 Å². The van der Waals surface area contributed by atoms with Gasteiger partial charge in [-0.25, -0.2) is 29.8 Å². The van der Waals surface area contributed by atoms with E-state index >= 15 is 0 Å². The van der Waals surface area contributed by atoms with Gasteiger partial charge in [0, 0.05) is 32.2 Å². The molecule has 294 valence electrons. The molecule has 0 unspecified atom stereocenters. The van der Waals surface area contributed by atoms with E-state index in [-0.39, 0.29) is 57.3 Å². The molecule has 52 heavy (non-hydrogen) atoms. The first-order valence-electron chi connectivity index (χ1n) is 17.2. The van der Waals surface area contributed by atoms with Gasteiger partial charge in [0.25, 0.3) is 0 Å². The SMILES string of the molecule is COC(=O)CN(Cc1ccccc1)NC(=O)CN(NC(=O)CN(CC(C)C)NC(=O)CN(C)NC(=O)CN(NC(=O)OC(C)(C)C)C(C)C)C(C)C. The molecule has 5 N–H and O–H groups in total. The first kappa shape index (κ1) is 45.7. The number of ether oxygens (including phenoxy) is 2. The summed E-state index contributed by atoms with van der Waals surface area (Å²) in [5.41, 5.74) is 13.5. The van der Waals surface area contributed by atoms with Crippen molar-refractivity contribution in [3.63, 3.8) is 0 Å². The summed E-state index contributed by atoms with van der Waals surface area (Å²) in [6, 6.07) is 8.77. The molecule has 0 heterocycles. The van der Waals surface area contributed by atoms with Crippen LogP contribution < -0.4 is 27.1 Å². The number of likely N-dealkylation sites (N-methyl/N-ethyl adjacent to an activating group) is 1. The van der Waals surface area contributed by atoms with Crippen LogP contribution in [0.15, 0.2) is 30.3 Å².